The van der Waals surface area contributed by atoms with Gasteiger partial charge in [-0.2, -0.15) is 0 Å². The molecule has 1 fully saturated rings. The summed E-state index contributed by atoms with van der Waals surface area (Å²) >= 11 is 3.48. The maximum atomic E-state index is 5.75. The van der Waals surface area contributed by atoms with Crippen molar-refractivity contribution in [3.05, 3.63) is 36.4 Å². The molecule has 0 unspecified atom stereocenters. The lowest BCUT2D eigenvalue weighted by molar-refractivity contribution is 0.343. The average molecular weight is 441 g/mol. The Labute approximate surface area is 183 Å². The fraction of sp³-hybridized carbons (Fsp3) is 0.364. The summed E-state index contributed by atoms with van der Waals surface area (Å²) in [6, 6.07) is 12.3. The first-order valence-corrected chi connectivity index (χ1v) is 11.9. The van der Waals surface area contributed by atoms with Crippen molar-refractivity contribution in [2.24, 2.45) is 0 Å². The molecule has 4 aromatic rings. The third kappa shape index (κ3) is 3.54. The normalized spacial score (nSPS) is 14.6. The van der Waals surface area contributed by atoms with E-state index in [0.29, 0.717) is 13.2 Å². The van der Waals surface area contributed by atoms with Crippen LogP contribution in [-0.4, -0.2) is 49.4 Å². The number of hydrogen-bond acceptors (Lipinski definition) is 8. The first-order valence-electron chi connectivity index (χ1n) is 10.3. The number of anilines is 2. The highest BCUT2D eigenvalue weighted by Crippen LogP contribution is 2.37. The van der Waals surface area contributed by atoms with Gasteiger partial charge in [0.1, 0.15) is 22.5 Å². The zero-order chi connectivity index (χ0) is 20.5. The molecule has 156 valence electrons. The number of aromatic nitrogens is 2. The highest BCUT2D eigenvalue weighted by atomic mass is 32.1. The Kier molecular flexibility index (Phi) is 5.35. The number of fused-ring (bicyclic) bond motifs is 2. The maximum Gasteiger partial charge on any atom is 0.186 e. The second kappa shape index (κ2) is 8.28. The van der Waals surface area contributed by atoms with Crippen LogP contribution in [0.25, 0.3) is 20.4 Å². The molecule has 30 heavy (non-hydrogen) atoms. The van der Waals surface area contributed by atoms with Crippen LogP contribution >= 0.6 is 22.7 Å². The SMILES string of the molecule is CCOc1cccc2sc(N3CCN(c4nc5c(OCC)cccc5s4)CC3)nc12. The van der Waals surface area contributed by atoms with E-state index in [1.54, 1.807) is 22.7 Å². The molecule has 0 aliphatic carbocycles. The molecule has 1 aliphatic heterocycles. The van der Waals surface area contributed by atoms with E-state index >= 15 is 0 Å². The molecule has 0 bridgehead atoms. The number of rotatable bonds is 6. The van der Waals surface area contributed by atoms with E-state index in [0.717, 1.165) is 59.0 Å². The number of ether oxygens (including phenoxy) is 2. The lowest BCUT2D eigenvalue weighted by Crippen LogP contribution is -2.46. The lowest BCUT2D eigenvalue weighted by Gasteiger charge is -2.34. The van der Waals surface area contributed by atoms with Crippen molar-refractivity contribution < 1.29 is 9.47 Å². The van der Waals surface area contributed by atoms with Crippen molar-refractivity contribution in [2.45, 2.75) is 13.8 Å². The Hall–Kier alpha value is -2.58. The molecular weight excluding hydrogens is 416 g/mol. The molecule has 3 heterocycles. The van der Waals surface area contributed by atoms with E-state index in [1.807, 2.05) is 38.1 Å². The molecule has 1 saturated heterocycles. The van der Waals surface area contributed by atoms with Crippen LogP contribution in [0, 0.1) is 0 Å². The van der Waals surface area contributed by atoms with Gasteiger partial charge in [0.25, 0.3) is 0 Å². The minimum absolute atomic E-state index is 0.651. The highest BCUT2D eigenvalue weighted by Gasteiger charge is 2.23. The third-order valence-electron chi connectivity index (χ3n) is 5.16. The predicted octanol–water partition coefficient (Wildman–Crippen LogP) is 5.03. The minimum Gasteiger partial charge on any atom is -0.492 e. The van der Waals surface area contributed by atoms with Crippen LogP contribution in [0.15, 0.2) is 36.4 Å². The van der Waals surface area contributed by atoms with Gasteiger partial charge in [0.2, 0.25) is 0 Å². The van der Waals surface area contributed by atoms with Gasteiger partial charge in [-0.1, -0.05) is 34.8 Å². The summed E-state index contributed by atoms with van der Waals surface area (Å²) in [6.07, 6.45) is 0. The van der Waals surface area contributed by atoms with Gasteiger partial charge < -0.3 is 19.3 Å². The summed E-state index contributed by atoms with van der Waals surface area (Å²) in [6.45, 7) is 9.02. The first kappa shape index (κ1) is 19.4. The van der Waals surface area contributed by atoms with Gasteiger partial charge >= 0.3 is 0 Å². The molecule has 2 aromatic carbocycles. The van der Waals surface area contributed by atoms with Gasteiger partial charge in [0.15, 0.2) is 10.3 Å². The maximum absolute atomic E-state index is 5.75. The molecule has 5 rings (SSSR count). The third-order valence-corrected chi connectivity index (χ3v) is 7.32. The zero-order valence-corrected chi connectivity index (χ0v) is 18.8. The van der Waals surface area contributed by atoms with Gasteiger partial charge in [0.05, 0.1) is 22.6 Å². The van der Waals surface area contributed by atoms with Gasteiger partial charge in [-0.05, 0) is 38.1 Å². The van der Waals surface area contributed by atoms with Gasteiger partial charge in [-0.3, -0.25) is 0 Å². The molecule has 0 atom stereocenters. The molecule has 0 N–H and O–H groups in total. The molecule has 0 saturated carbocycles. The zero-order valence-electron chi connectivity index (χ0n) is 17.1. The Morgan fingerprint density at radius 3 is 1.57 bits per heavy atom. The fourth-order valence-corrected chi connectivity index (χ4v) is 5.80. The number of para-hydroxylation sites is 2. The second-order valence-electron chi connectivity index (χ2n) is 7.04. The van der Waals surface area contributed by atoms with Crippen LogP contribution in [0.3, 0.4) is 0 Å². The summed E-state index contributed by atoms with van der Waals surface area (Å²) in [5.41, 5.74) is 1.94. The van der Waals surface area contributed by atoms with Crippen LogP contribution in [0.5, 0.6) is 11.5 Å². The van der Waals surface area contributed by atoms with Crippen molar-refractivity contribution in [3.63, 3.8) is 0 Å². The number of hydrogen-bond donors (Lipinski definition) is 0. The highest BCUT2D eigenvalue weighted by molar-refractivity contribution is 7.22. The Morgan fingerprint density at radius 2 is 1.17 bits per heavy atom. The summed E-state index contributed by atoms with van der Waals surface area (Å²) in [5, 5.41) is 2.14. The summed E-state index contributed by atoms with van der Waals surface area (Å²) in [7, 11) is 0. The van der Waals surface area contributed by atoms with Crippen LogP contribution in [-0.2, 0) is 0 Å². The summed E-state index contributed by atoms with van der Waals surface area (Å²) in [4.78, 5) is 14.5. The van der Waals surface area contributed by atoms with E-state index in [9.17, 15) is 0 Å². The lowest BCUT2D eigenvalue weighted by atomic mass is 10.3. The van der Waals surface area contributed by atoms with Crippen LogP contribution in [0.4, 0.5) is 10.3 Å². The molecule has 0 spiro atoms. The standard InChI is InChI=1S/C22H24N4O2S2/c1-3-27-15-7-5-9-17-19(15)23-21(29-17)25-11-13-26(14-12-25)22-24-20-16(28-4-2)8-6-10-18(20)30-22/h5-10H,3-4,11-14H2,1-2H3. The number of thiazole rings is 2. The molecule has 8 heteroatoms. The predicted molar refractivity (Wildman–Crippen MR) is 126 cm³/mol. The molecule has 0 radical (unpaired) electrons. The Balaban J connectivity index is 1.33. The quantitative estimate of drug-likeness (QED) is 0.419. The molecular formula is C22H24N4O2S2. The van der Waals surface area contributed by atoms with Crippen LogP contribution in [0.2, 0.25) is 0 Å². The molecule has 2 aromatic heterocycles. The Bertz CT molecular complexity index is 1070. The fourth-order valence-electron chi connectivity index (χ4n) is 3.73. The average Bonchev–Trinajstić information content (AvgIpc) is 3.40. The van der Waals surface area contributed by atoms with Gasteiger partial charge in [-0.15, -0.1) is 0 Å². The van der Waals surface area contributed by atoms with Crippen molar-refractivity contribution in [3.8, 4) is 11.5 Å². The number of nitrogens with zero attached hydrogens (tertiary/aromatic N) is 4. The molecule has 0 amide bonds. The molecule has 6 nitrogen and oxygen atoms in total. The summed E-state index contributed by atoms with van der Waals surface area (Å²) < 4.78 is 13.8. The van der Waals surface area contributed by atoms with E-state index < -0.39 is 0 Å². The number of benzene rings is 2. The first-order chi connectivity index (χ1) is 14.8. The van der Waals surface area contributed by atoms with E-state index in [4.69, 9.17) is 19.4 Å². The minimum atomic E-state index is 0.651. The van der Waals surface area contributed by atoms with E-state index in [2.05, 4.69) is 21.9 Å². The second-order valence-corrected chi connectivity index (χ2v) is 9.06. The van der Waals surface area contributed by atoms with Crippen molar-refractivity contribution in [2.75, 3.05) is 49.2 Å². The van der Waals surface area contributed by atoms with Crippen molar-refractivity contribution in [1.82, 2.24) is 9.97 Å². The largest absolute Gasteiger partial charge is 0.492 e. The van der Waals surface area contributed by atoms with Crippen molar-refractivity contribution >= 4 is 53.4 Å². The topological polar surface area (TPSA) is 50.7 Å². The van der Waals surface area contributed by atoms with E-state index in [1.165, 1.54) is 9.40 Å². The monoisotopic (exact) mass is 440 g/mol. The molecule has 1 aliphatic rings. The van der Waals surface area contributed by atoms with Gasteiger partial charge in [-0.25, -0.2) is 9.97 Å². The van der Waals surface area contributed by atoms with Crippen LogP contribution in [0.1, 0.15) is 13.8 Å². The smallest absolute Gasteiger partial charge is 0.186 e. The van der Waals surface area contributed by atoms with E-state index in [-0.39, 0.29) is 0 Å². The van der Waals surface area contributed by atoms with Crippen molar-refractivity contribution in [1.29, 1.82) is 0 Å². The Morgan fingerprint density at radius 1 is 0.733 bits per heavy atom. The van der Waals surface area contributed by atoms with Gasteiger partial charge in [0, 0.05) is 26.2 Å². The number of piperazine rings is 1. The summed E-state index contributed by atoms with van der Waals surface area (Å²) in [5.74, 6) is 1.74. The van der Waals surface area contributed by atoms with Crippen LogP contribution < -0.4 is 19.3 Å².